The van der Waals surface area contributed by atoms with Crippen LogP contribution in [0.3, 0.4) is 0 Å². The fourth-order valence-electron chi connectivity index (χ4n) is 1.85. The van der Waals surface area contributed by atoms with Gasteiger partial charge in [0, 0.05) is 6.04 Å². The monoisotopic (exact) mass is 157 g/mol. The molecule has 1 fully saturated rings. The molecule has 0 spiro atoms. The van der Waals surface area contributed by atoms with Crippen LogP contribution in [0.1, 0.15) is 19.3 Å². The average molecular weight is 157 g/mol. The number of carboxylic acids is 1. The highest BCUT2D eigenvalue weighted by molar-refractivity contribution is 5.71. The minimum atomic E-state index is -0.638. The van der Waals surface area contributed by atoms with Crippen molar-refractivity contribution in [3.63, 3.8) is 0 Å². The van der Waals surface area contributed by atoms with Crippen molar-refractivity contribution in [3.05, 3.63) is 0 Å². The molecule has 2 atom stereocenters. The first-order chi connectivity index (χ1) is 5.13. The zero-order chi connectivity index (χ0) is 8.43. The quantitative estimate of drug-likeness (QED) is 0.644. The molecule has 0 aliphatic heterocycles. The Morgan fingerprint density at radius 2 is 2.09 bits per heavy atom. The Balaban J connectivity index is 2.58. The number of carboxylic acid groups (broad SMARTS) is 1. The van der Waals surface area contributed by atoms with Crippen LogP contribution < -0.4 is 0 Å². The number of nitrogens with zero attached hydrogens (tertiary/aromatic N) is 1. The summed E-state index contributed by atoms with van der Waals surface area (Å²) in [5.74, 6) is -0.772. The largest absolute Gasteiger partial charge is 0.481 e. The highest BCUT2D eigenvalue weighted by Crippen LogP contribution is 2.28. The number of hydrogen-bond acceptors (Lipinski definition) is 2. The molecule has 3 heteroatoms. The van der Waals surface area contributed by atoms with Gasteiger partial charge in [0.1, 0.15) is 0 Å². The molecule has 0 aromatic carbocycles. The van der Waals surface area contributed by atoms with Gasteiger partial charge in [-0.3, -0.25) is 4.79 Å². The van der Waals surface area contributed by atoms with Crippen molar-refractivity contribution in [1.82, 2.24) is 4.90 Å². The molecule has 1 N–H and O–H groups in total. The van der Waals surface area contributed by atoms with E-state index in [0.29, 0.717) is 0 Å². The van der Waals surface area contributed by atoms with Gasteiger partial charge in [0.15, 0.2) is 0 Å². The van der Waals surface area contributed by atoms with Crippen molar-refractivity contribution >= 4 is 5.97 Å². The van der Waals surface area contributed by atoms with Gasteiger partial charge in [-0.15, -0.1) is 0 Å². The molecular weight excluding hydrogens is 142 g/mol. The van der Waals surface area contributed by atoms with E-state index in [1.165, 1.54) is 0 Å². The second kappa shape index (κ2) is 3.22. The summed E-state index contributed by atoms with van der Waals surface area (Å²) in [5, 5.41) is 8.81. The van der Waals surface area contributed by atoms with Gasteiger partial charge in [-0.1, -0.05) is 6.42 Å². The molecule has 0 heterocycles. The minimum absolute atomic E-state index is 0.134. The molecular formula is C8H15NO2. The maximum atomic E-state index is 10.7. The van der Waals surface area contributed by atoms with E-state index >= 15 is 0 Å². The molecule has 0 saturated heterocycles. The Kier molecular flexibility index (Phi) is 2.49. The minimum Gasteiger partial charge on any atom is -0.481 e. The van der Waals surface area contributed by atoms with Crippen LogP contribution in [0.2, 0.25) is 0 Å². The Bertz CT molecular complexity index is 156. The van der Waals surface area contributed by atoms with Gasteiger partial charge < -0.3 is 10.0 Å². The summed E-state index contributed by atoms with van der Waals surface area (Å²) >= 11 is 0. The third-order valence-corrected chi connectivity index (χ3v) is 2.46. The lowest BCUT2D eigenvalue weighted by Gasteiger charge is -2.22. The van der Waals surface area contributed by atoms with Crippen molar-refractivity contribution < 1.29 is 9.90 Å². The fraction of sp³-hybridized carbons (Fsp3) is 0.875. The van der Waals surface area contributed by atoms with E-state index in [1.54, 1.807) is 0 Å². The average Bonchev–Trinajstić information content (AvgIpc) is 2.32. The van der Waals surface area contributed by atoms with E-state index in [9.17, 15) is 4.79 Å². The molecule has 0 aromatic heterocycles. The molecule has 3 nitrogen and oxygen atoms in total. The summed E-state index contributed by atoms with van der Waals surface area (Å²) in [5.41, 5.74) is 0. The number of hydrogen-bond donors (Lipinski definition) is 1. The van der Waals surface area contributed by atoms with Crippen LogP contribution in [-0.2, 0) is 4.79 Å². The molecule has 0 amide bonds. The van der Waals surface area contributed by atoms with Crippen LogP contribution >= 0.6 is 0 Å². The Hall–Kier alpha value is -0.570. The first kappa shape index (κ1) is 8.53. The van der Waals surface area contributed by atoms with Crippen molar-refractivity contribution in [1.29, 1.82) is 0 Å². The van der Waals surface area contributed by atoms with Crippen LogP contribution in [0.25, 0.3) is 0 Å². The normalized spacial score (nSPS) is 31.2. The molecule has 0 unspecified atom stereocenters. The molecule has 11 heavy (non-hydrogen) atoms. The fourth-order valence-corrected chi connectivity index (χ4v) is 1.85. The van der Waals surface area contributed by atoms with E-state index in [-0.39, 0.29) is 12.0 Å². The van der Waals surface area contributed by atoms with Crippen molar-refractivity contribution in [2.24, 2.45) is 5.92 Å². The van der Waals surface area contributed by atoms with Gasteiger partial charge in [0.2, 0.25) is 0 Å². The Morgan fingerprint density at radius 3 is 2.45 bits per heavy atom. The van der Waals surface area contributed by atoms with Gasteiger partial charge in [0.05, 0.1) is 5.92 Å². The first-order valence-corrected chi connectivity index (χ1v) is 4.02. The highest BCUT2D eigenvalue weighted by Gasteiger charge is 2.33. The zero-order valence-electron chi connectivity index (χ0n) is 7.08. The summed E-state index contributed by atoms with van der Waals surface area (Å²) in [6.07, 6.45) is 2.93. The molecule has 0 bridgehead atoms. The SMILES string of the molecule is CN(C)[C@@H]1CCC[C@H]1C(=O)O. The Labute approximate surface area is 67.0 Å². The second-order valence-electron chi connectivity index (χ2n) is 3.41. The molecule has 1 saturated carbocycles. The molecule has 1 aliphatic carbocycles. The lowest BCUT2D eigenvalue weighted by Crippen LogP contribution is -2.35. The summed E-state index contributed by atoms with van der Waals surface area (Å²) < 4.78 is 0. The topological polar surface area (TPSA) is 40.5 Å². The molecule has 1 rings (SSSR count). The number of aliphatic carboxylic acids is 1. The van der Waals surface area contributed by atoms with E-state index in [1.807, 2.05) is 19.0 Å². The standard InChI is InChI=1S/C8H15NO2/c1-9(2)7-5-3-4-6(7)8(10)11/h6-7H,3-5H2,1-2H3,(H,10,11)/t6-,7-/m1/s1. The Morgan fingerprint density at radius 1 is 1.45 bits per heavy atom. The smallest absolute Gasteiger partial charge is 0.308 e. The predicted molar refractivity (Wildman–Crippen MR) is 42.5 cm³/mol. The summed E-state index contributed by atoms with van der Waals surface area (Å²) in [6.45, 7) is 0. The van der Waals surface area contributed by atoms with Crippen LogP contribution in [0, 0.1) is 5.92 Å². The summed E-state index contributed by atoms with van der Waals surface area (Å²) in [4.78, 5) is 12.7. The third kappa shape index (κ3) is 1.71. The van der Waals surface area contributed by atoms with E-state index in [4.69, 9.17) is 5.11 Å². The van der Waals surface area contributed by atoms with E-state index in [0.717, 1.165) is 19.3 Å². The van der Waals surface area contributed by atoms with Gasteiger partial charge in [-0.2, -0.15) is 0 Å². The van der Waals surface area contributed by atoms with E-state index < -0.39 is 5.97 Å². The lowest BCUT2D eigenvalue weighted by atomic mass is 10.0. The lowest BCUT2D eigenvalue weighted by molar-refractivity contribution is -0.143. The van der Waals surface area contributed by atoms with Crippen LogP contribution in [-0.4, -0.2) is 36.1 Å². The first-order valence-electron chi connectivity index (χ1n) is 4.02. The van der Waals surface area contributed by atoms with Gasteiger partial charge in [-0.05, 0) is 26.9 Å². The molecule has 64 valence electrons. The zero-order valence-corrected chi connectivity index (χ0v) is 7.08. The molecule has 0 radical (unpaired) electrons. The van der Waals surface area contributed by atoms with Crippen LogP contribution in [0.15, 0.2) is 0 Å². The summed E-state index contributed by atoms with van der Waals surface area (Å²) in [6, 6.07) is 0.257. The maximum Gasteiger partial charge on any atom is 0.308 e. The van der Waals surface area contributed by atoms with Crippen molar-refractivity contribution in [3.8, 4) is 0 Å². The highest BCUT2D eigenvalue weighted by atomic mass is 16.4. The van der Waals surface area contributed by atoms with E-state index in [2.05, 4.69) is 0 Å². The van der Waals surface area contributed by atoms with Crippen molar-refractivity contribution in [2.45, 2.75) is 25.3 Å². The number of rotatable bonds is 2. The van der Waals surface area contributed by atoms with Crippen LogP contribution in [0.5, 0.6) is 0 Å². The van der Waals surface area contributed by atoms with Gasteiger partial charge >= 0.3 is 5.97 Å². The van der Waals surface area contributed by atoms with Gasteiger partial charge in [0.25, 0.3) is 0 Å². The van der Waals surface area contributed by atoms with Crippen LogP contribution in [0.4, 0.5) is 0 Å². The third-order valence-electron chi connectivity index (χ3n) is 2.46. The second-order valence-corrected chi connectivity index (χ2v) is 3.41. The predicted octanol–water partition coefficient (Wildman–Crippen LogP) is 0.801. The number of carbonyl (C=O) groups is 1. The van der Waals surface area contributed by atoms with Crippen molar-refractivity contribution in [2.75, 3.05) is 14.1 Å². The maximum absolute atomic E-state index is 10.7. The molecule has 1 aliphatic rings. The van der Waals surface area contributed by atoms with Gasteiger partial charge in [-0.25, -0.2) is 0 Å². The molecule has 0 aromatic rings. The summed E-state index contributed by atoms with van der Waals surface area (Å²) in [7, 11) is 3.90.